The third kappa shape index (κ3) is 3.83. The van der Waals surface area contributed by atoms with Gasteiger partial charge in [0.1, 0.15) is 11.4 Å². The van der Waals surface area contributed by atoms with E-state index in [1.165, 1.54) is 0 Å². The number of alkyl carbamates (subject to hydrolysis) is 1. The zero-order chi connectivity index (χ0) is 12.3. The molecule has 1 N–H and O–H groups in total. The maximum absolute atomic E-state index is 11.5. The molecule has 0 radical (unpaired) electrons. The molecule has 0 aromatic heterocycles. The lowest BCUT2D eigenvalue weighted by Gasteiger charge is -2.23. The predicted octanol–water partition coefficient (Wildman–Crippen LogP) is 2.27. The van der Waals surface area contributed by atoms with Gasteiger partial charge in [0, 0.05) is 12.0 Å². The zero-order valence-electron chi connectivity index (χ0n) is 10.5. The summed E-state index contributed by atoms with van der Waals surface area (Å²) in [5.41, 5.74) is -0.492. The molecule has 0 heterocycles. The van der Waals surface area contributed by atoms with Gasteiger partial charge in [0.15, 0.2) is 0 Å². The minimum absolute atomic E-state index is 0.0347. The number of rotatable bonds is 2. The van der Waals surface area contributed by atoms with Crippen LogP contribution in [0.2, 0.25) is 0 Å². The standard InChI is InChI=1S/C12H21NO3/c1-8(14)9-6-5-7-10(9)13-11(15)16-12(2,3)4/h9-10H,5-7H2,1-4H3,(H,13,15)/t9-,10+/m1/s1. The molecule has 4 heteroatoms. The van der Waals surface area contributed by atoms with Crippen molar-refractivity contribution in [1.82, 2.24) is 5.32 Å². The van der Waals surface area contributed by atoms with Gasteiger partial charge in [0.25, 0.3) is 0 Å². The Labute approximate surface area is 96.7 Å². The summed E-state index contributed by atoms with van der Waals surface area (Å²) in [6.07, 6.45) is 2.30. The fourth-order valence-electron chi connectivity index (χ4n) is 2.08. The van der Waals surface area contributed by atoms with E-state index < -0.39 is 11.7 Å². The summed E-state index contributed by atoms with van der Waals surface area (Å²) in [6, 6.07) is -0.0488. The van der Waals surface area contributed by atoms with Crippen molar-refractivity contribution in [3.63, 3.8) is 0 Å². The van der Waals surface area contributed by atoms with E-state index in [1.807, 2.05) is 20.8 Å². The van der Waals surface area contributed by atoms with Crippen LogP contribution in [0.5, 0.6) is 0 Å². The Morgan fingerprint density at radius 3 is 2.38 bits per heavy atom. The van der Waals surface area contributed by atoms with E-state index in [0.29, 0.717) is 0 Å². The molecule has 92 valence electrons. The number of amides is 1. The van der Waals surface area contributed by atoms with Crippen molar-refractivity contribution in [1.29, 1.82) is 0 Å². The Kier molecular flexibility index (Phi) is 3.94. The lowest BCUT2D eigenvalue weighted by Crippen LogP contribution is -2.42. The van der Waals surface area contributed by atoms with Crippen molar-refractivity contribution in [3.05, 3.63) is 0 Å². The molecule has 0 aromatic carbocycles. The largest absolute Gasteiger partial charge is 0.444 e. The maximum atomic E-state index is 11.5. The van der Waals surface area contributed by atoms with Crippen molar-refractivity contribution >= 4 is 11.9 Å². The summed E-state index contributed by atoms with van der Waals surface area (Å²) in [7, 11) is 0. The molecule has 0 aromatic rings. The molecule has 16 heavy (non-hydrogen) atoms. The third-order valence-corrected chi connectivity index (χ3v) is 2.74. The lowest BCUT2D eigenvalue weighted by molar-refractivity contribution is -0.121. The van der Waals surface area contributed by atoms with Gasteiger partial charge in [-0.15, -0.1) is 0 Å². The molecule has 4 nitrogen and oxygen atoms in total. The Morgan fingerprint density at radius 2 is 1.88 bits per heavy atom. The molecule has 2 atom stereocenters. The van der Waals surface area contributed by atoms with Crippen LogP contribution in [-0.4, -0.2) is 23.5 Å². The van der Waals surface area contributed by atoms with Crippen molar-refractivity contribution in [3.8, 4) is 0 Å². The monoisotopic (exact) mass is 227 g/mol. The number of hydrogen-bond acceptors (Lipinski definition) is 3. The minimum atomic E-state index is -0.492. The summed E-state index contributed by atoms with van der Waals surface area (Å²) in [4.78, 5) is 22.9. The first-order chi connectivity index (χ1) is 7.29. The SMILES string of the molecule is CC(=O)[C@H]1CCC[C@@H]1NC(=O)OC(C)(C)C. The minimum Gasteiger partial charge on any atom is -0.444 e. The molecule has 1 aliphatic carbocycles. The van der Waals surface area contributed by atoms with Gasteiger partial charge in [-0.2, -0.15) is 0 Å². The fraction of sp³-hybridized carbons (Fsp3) is 0.833. The van der Waals surface area contributed by atoms with E-state index >= 15 is 0 Å². The number of nitrogens with one attached hydrogen (secondary N) is 1. The summed E-state index contributed by atoms with van der Waals surface area (Å²) >= 11 is 0. The molecule has 0 aliphatic heterocycles. The second-order valence-corrected chi connectivity index (χ2v) is 5.40. The quantitative estimate of drug-likeness (QED) is 0.787. The van der Waals surface area contributed by atoms with Gasteiger partial charge in [-0.05, 0) is 40.5 Å². The van der Waals surface area contributed by atoms with Gasteiger partial charge in [-0.3, -0.25) is 4.79 Å². The molecule has 0 unspecified atom stereocenters. The number of carbonyl (C=O) groups is 2. The van der Waals surface area contributed by atoms with E-state index in [2.05, 4.69) is 5.32 Å². The van der Waals surface area contributed by atoms with E-state index in [9.17, 15) is 9.59 Å². The van der Waals surface area contributed by atoms with E-state index in [-0.39, 0.29) is 17.7 Å². The van der Waals surface area contributed by atoms with E-state index in [4.69, 9.17) is 4.74 Å². The Balaban J connectivity index is 2.47. The Bertz CT molecular complexity index is 280. The van der Waals surface area contributed by atoms with Crippen molar-refractivity contribution in [2.75, 3.05) is 0 Å². The summed E-state index contributed by atoms with van der Waals surface area (Å²) in [6.45, 7) is 7.05. The molecule has 1 rings (SSSR count). The lowest BCUT2D eigenvalue weighted by atomic mass is 10.00. The van der Waals surface area contributed by atoms with Gasteiger partial charge >= 0.3 is 6.09 Å². The van der Waals surface area contributed by atoms with Gasteiger partial charge in [-0.25, -0.2) is 4.79 Å². The molecular formula is C12H21NO3. The Hall–Kier alpha value is -1.06. The molecule has 1 amide bonds. The molecule has 0 spiro atoms. The van der Waals surface area contributed by atoms with Crippen LogP contribution in [0.25, 0.3) is 0 Å². The molecule has 1 aliphatic rings. The van der Waals surface area contributed by atoms with Crippen LogP contribution in [0, 0.1) is 5.92 Å². The topological polar surface area (TPSA) is 55.4 Å². The first-order valence-corrected chi connectivity index (χ1v) is 5.79. The molecular weight excluding hydrogens is 206 g/mol. The first kappa shape index (κ1) is 13.0. The van der Waals surface area contributed by atoms with Gasteiger partial charge in [0.2, 0.25) is 0 Å². The normalized spacial score (nSPS) is 25.2. The van der Waals surface area contributed by atoms with Crippen LogP contribution in [0.1, 0.15) is 47.0 Å². The van der Waals surface area contributed by atoms with Gasteiger partial charge < -0.3 is 10.1 Å². The van der Waals surface area contributed by atoms with Crippen molar-refractivity contribution in [2.24, 2.45) is 5.92 Å². The highest BCUT2D eigenvalue weighted by atomic mass is 16.6. The van der Waals surface area contributed by atoms with E-state index in [1.54, 1.807) is 6.92 Å². The van der Waals surface area contributed by atoms with Gasteiger partial charge in [0.05, 0.1) is 0 Å². The van der Waals surface area contributed by atoms with Crippen LogP contribution in [0.3, 0.4) is 0 Å². The number of Topliss-reactive ketones (excluding diaryl/α,β-unsaturated/α-hetero) is 1. The molecule has 0 saturated heterocycles. The maximum Gasteiger partial charge on any atom is 0.407 e. The molecule has 0 bridgehead atoms. The average molecular weight is 227 g/mol. The number of carbonyl (C=O) groups excluding carboxylic acids is 2. The smallest absolute Gasteiger partial charge is 0.407 e. The number of ether oxygens (including phenoxy) is 1. The number of ketones is 1. The second-order valence-electron chi connectivity index (χ2n) is 5.40. The predicted molar refractivity (Wildman–Crippen MR) is 61.2 cm³/mol. The van der Waals surface area contributed by atoms with E-state index in [0.717, 1.165) is 19.3 Å². The summed E-state index contributed by atoms with van der Waals surface area (Å²) in [5.74, 6) is 0.117. The Morgan fingerprint density at radius 1 is 1.25 bits per heavy atom. The average Bonchev–Trinajstić information content (AvgIpc) is 2.47. The highest BCUT2D eigenvalue weighted by molar-refractivity contribution is 5.80. The highest BCUT2D eigenvalue weighted by Crippen LogP contribution is 2.26. The third-order valence-electron chi connectivity index (χ3n) is 2.74. The van der Waals surface area contributed by atoms with Crippen molar-refractivity contribution < 1.29 is 14.3 Å². The second kappa shape index (κ2) is 4.85. The van der Waals surface area contributed by atoms with Crippen LogP contribution in [0.15, 0.2) is 0 Å². The van der Waals surface area contributed by atoms with Crippen molar-refractivity contribution in [2.45, 2.75) is 58.6 Å². The summed E-state index contributed by atoms with van der Waals surface area (Å²) in [5, 5.41) is 2.78. The highest BCUT2D eigenvalue weighted by Gasteiger charge is 2.32. The molecule has 1 saturated carbocycles. The van der Waals surface area contributed by atoms with Crippen LogP contribution >= 0.6 is 0 Å². The van der Waals surface area contributed by atoms with Crippen LogP contribution < -0.4 is 5.32 Å². The number of hydrogen-bond donors (Lipinski definition) is 1. The zero-order valence-corrected chi connectivity index (χ0v) is 10.5. The molecule has 1 fully saturated rings. The van der Waals surface area contributed by atoms with Crippen LogP contribution in [0.4, 0.5) is 4.79 Å². The summed E-state index contributed by atoms with van der Waals surface area (Å²) < 4.78 is 5.17. The fourth-order valence-corrected chi connectivity index (χ4v) is 2.08. The van der Waals surface area contributed by atoms with Gasteiger partial charge in [-0.1, -0.05) is 6.42 Å². The van der Waals surface area contributed by atoms with Crippen LogP contribution in [-0.2, 0) is 9.53 Å². The first-order valence-electron chi connectivity index (χ1n) is 5.79.